The minimum Gasteiger partial charge on any atom is -0.469 e. The molecule has 0 radical (unpaired) electrons. The lowest BCUT2D eigenvalue weighted by Gasteiger charge is -2.11. The average molecular weight is 464 g/mol. The van der Waals surface area contributed by atoms with Crippen LogP contribution in [0.1, 0.15) is 45.6 Å². The average Bonchev–Trinajstić information content (AvgIpc) is 3.36. The van der Waals surface area contributed by atoms with Crippen molar-refractivity contribution in [1.29, 1.82) is 0 Å². The minimum atomic E-state index is -0.489. The number of pyridine rings is 1. The zero-order valence-corrected chi connectivity index (χ0v) is 20.0. The van der Waals surface area contributed by atoms with Gasteiger partial charge in [-0.15, -0.1) is 11.3 Å². The second-order valence-electron chi connectivity index (χ2n) is 8.09. The molecule has 0 unspecified atom stereocenters. The number of carbonyl (C=O) groups excluding carboxylic acids is 2. The molecule has 0 spiro atoms. The molecule has 3 aromatic heterocycles. The highest BCUT2D eigenvalue weighted by Gasteiger charge is 2.21. The van der Waals surface area contributed by atoms with Gasteiger partial charge in [0, 0.05) is 21.4 Å². The van der Waals surface area contributed by atoms with Gasteiger partial charge in [-0.25, -0.2) is 14.5 Å². The van der Waals surface area contributed by atoms with E-state index in [0.29, 0.717) is 28.0 Å². The summed E-state index contributed by atoms with van der Waals surface area (Å²) >= 11 is 1.69. The fourth-order valence-electron chi connectivity index (χ4n) is 3.66. The molecule has 0 atom stereocenters. The van der Waals surface area contributed by atoms with Crippen LogP contribution in [0.2, 0.25) is 0 Å². The second kappa shape index (κ2) is 9.15. The summed E-state index contributed by atoms with van der Waals surface area (Å²) in [4.78, 5) is 31.9. The van der Waals surface area contributed by atoms with Crippen molar-refractivity contribution in [2.75, 3.05) is 7.11 Å². The maximum absolute atomic E-state index is 13.2. The van der Waals surface area contributed by atoms with Gasteiger partial charge in [0.15, 0.2) is 5.65 Å². The molecule has 4 aromatic rings. The number of aromatic nitrogens is 3. The number of esters is 2. The van der Waals surface area contributed by atoms with Gasteiger partial charge in [0.2, 0.25) is 0 Å². The molecule has 0 saturated carbocycles. The summed E-state index contributed by atoms with van der Waals surface area (Å²) in [7, 11) is 1.35. The number of nitrogens with zero attached hydrogens (tertiary/aromatic N) is 3. The Kier molecular flexibility index (Phi) is 6.29. The lowest BCUT2D eigenvalue weighted by molar-refractivity contribution is -0.139. The summed E-state index contributed by atoms with van der Waals surface area (Å²) in [6, 6.07) is 10.7. The van der Waals surface area contributed by atoms with Gasteiger partial charge in [-0.2, -0.15) is 5.10 Å². The van der Waals surface area contributed by atoms with E-state index >= 15 is 0 Å². The van der Waals surface area contributed by atoms with Gasteiger partial charge in [-0.05, 0) is 57.5 Å². The number of hydrogen-bond acceptors (Lipinski definition) is 7. The van der Waals surface area contributed by atoms with Gasteiger partial charge in [0.25, 0.3) is 0 Å². The van der Waals surface area contributed by atoms with Crippen molar-refractivity contribution in [1.82, 2.24) is 14.8 Å². The summed E-state index contributed by atoms with van der Waals surface area (Å²) in [6.07, 6.45) is 1.82. The Morgan fingerprint density at radius 2 is 1.85 bits per heavy atom. The molecule has 4 rings (SSSR count). The van der Waals surface area contributed by atoms with Crippen LogP contribution < -0.4 is 4.74 Å². The highest BCUT2D eigenvalue weighted by molar-refractivity contribution is 7.12. The maximum Gasteiger partial charge on any atom is 0.344 e. The lowest BCUT2D eigenvalue weighted by Crippen LogP contribution is -2.11. The van der Waals surface area contributed by atoms with E-state index in [9.17, 15) is 9.59 Å². The summed E-state index contributed by atoms with van der Waals surface area (Å²) in [5.41, 5.74) is 3.54. The van der Waals surface area contributed by atoms with Crippen molar-refractivity contribution >= 4 is 34.3 Å². The molecule has 0 saturated heterocycles. The number of rotatable bonds is 6. The third-order valence-electron chi connectivity index (χ3n) is 5.30. The molecule has 7 nitrogen and oxygen atoms in total. The Balaban J connectivity index is 1.72. The fourth-order valence-corrected chi connectivity index (χ4v) is 4.60. The number of benzene rings is 1. The first-order valence-corrected chi connectivity index (χ1v) is 11.4. The quantitative estimate of drug-likeness (QED) is 0.285. The molecule has 170 valence electrons. The molecule has 0 fully saturated rings. The molecule has 1 aromatic carbocycles. The SMILES string of the molecule is COC(=O)Cc1ccc(OC(=O)c2cc(-c3cc(C)sc3C)nc3c2cnn3C(C)C)cc1. The maximum atomic E-state index is 13.2. The Bertz CT molecular complexity index is 1340. The Labute approximate surface area is 196 Å². The van der Waals surface area contributed by atoms with Gasteiger partial charge >= 0.3 is 11.9 Å². The van der Waals surface area contributed by atoms with Crippen molar-refractivity contribution < 1.29 is 19.1 Å². The van der Waals surface area contributed by atoms with Crippen LogP contribution in [0.25, 0.3) is 22.3 Å². The van der Waals surface area contributed by atoms with Crippen molar-refractivity contribution in [3.05, 3.63) is 63.5 Å². The Hall–Kier alpha value is -3.52. The largest absolute Gasteiger partial charge is 0.469 e. The summed E-state index contributed by atoms with van der Waals surface area (Å²) < 4.78 is 12.2. The Morgan fingerprint density at radius 1 is 1.12 bits per heavy atom. The second-order valence-corrected chi connectivity index (χ2v) is 9.55. The van der Waals surface area contributed by atoms with Gasteiger partial charge in [0.1, 0.15) is 5.75 Å². The molecule has 8 heteroatoms. The van der Waals surface area contributed by atoms with Gasteiger partial charge in [-0.3, -0.25) is 4.79 Å². The first-order chi connectivity index (χ1) is 15.8. The molecule has 0 aliphatic rings. The minimum absolute atomic E-state index is 0.0850. The fraction of sp³-hybridized carbons (Fsp3) is 0.280. The predicted octanol–water partition coefficient (Wildman–Crippen LogP) is 5.29. The number of thiophene rings is 1. The van der Waals surface area contributed by atoms with Crippen LogP contribution in [0.3, 0.4) is 0 Å². The number of fused-ring (bicyclic) bond motifs is 1. The van der Waals surface area contributed by atoms with E-state index in [-0.39, 0.29) is 18.4 Å². The smallest absolute Gasteiger partial charge is 0.344 e. The summed E-state index contributed by atoms with van der Waals surface area (Å²) in [5.74, 6) is -0.427. The van der Waals surface area contributed by atoms with E-state index in [2.05, 4.69) is 22.8 Å². The number of carbonyl (C=O) groups is 2. The van der Waals surface area contributed by atoms with Crippen LogP contribution in [0.5, 0.6) is 5.75 Å². The van der Waals surface area contributed by atoms with E-state index in [0.717, 1.165) is 16.0 Å². The van der Waals surface area contributed by atoms with Crippen LogP contribution in [0.4, 0.5) is 0 Å². The van der Waals surface area contributed by atoms with Crippen molar-refractivity contribution in [2.45, 2.75) is 40.2 Å². The van der Waals surface area contributed by atoms with Crippen LogP contribution >= 0.6 is 11.3 Å². The third kappa shape index (κ3) is 4.66. The topological polar surface area (TPSA) is 83.3 Å². The first-order valence-electron chi connectivity index (χ1n) is 10.6. The molecule has 33 heavy (non-hydrogen) atoms. The van der Waals surface area contributed by atoms with Crippen LogP contribution in [-0.4, -0.2) is 33.8 Å². The summed E-state index contributed by atoms with van der Waals surface area (Å²) in [5, 5.41) is 5.10. The van der Waals surface area contributed by atoms with Gasteiger partial charge in [0.05, 0.1) is 36.4 Å². The van der Waals surface area contributed by atoms with Crippen molar-refractivity contribution in [3.63, 3.8) is 0 Å². The predicted molar refractivity (Wildman–Crippen MR) is 128 cm³/mol. The summed E-state index contributed by atoms with van der Waals surface area (Å²) in [6.45, 7) is 8.15. The highest BCUT2D eigenvalue weighted by atomic mass is 32.1. The van der Waals surface area contributed by atoms with Gasteiger partial charge < -0.3 is 9.47 Å². The molecular weight excluding hydrogens is 438 g/mol. The van der Waals surface area contributed by atoms with E-state index in [1.54, 1.807) is 47.9 Å². The lowest BCUT2D eigenvalue weighted by atomic mass is 10.1. The van der Waals surface area contributed by atoms with Crippen LogP contribution in [0, 0.1) is 13.8 Å². The normalized spacial score (nSPS) is 11.2. The zero-order chi connectivity index (χ0) is 23.7. The van der Waals surface area contributed by atoms with Crippen molar-refractivity contribution in [2.24, 2.45) is 0 Å². The van der Waals surface area contributed by atoms with E-state index in [4.69, 9.17) is 9.72 Å². The first kappa shape index (κ1) is 22.7. The monoisotopic (exact) mass is 463 g/mol. The van der Waals surface area contributed by atoms with E-state index < -0.39 is 5.97 Å². The van der Waals surface area contributed by atoms with Crippen LogP contribution in [0.15, 0.2) is 42.6 Å². The molecule has 0 bridgehead atoms. The zero-order valence-electron chi connectivity index (χ0n) is 19.2. The molecule has 0 N–H and O–H groups in total. The van der Waals surface area contributed by atoms with E-state index in [1.807, 2.05) is 25.5 Å². The van der Waals surface area contributed by atoms with Gasteiger partial charge in [-0.1, -0.05) is 12.1 Å². The number of ether oxygens (including phenoxy) is 2. The molecule has 0 aliphatic heterocycles. The molecule has 3 heterocycles. The standard InChI is InChI=1S/C25H25N3O4S/c1-14(2)28-24-21(13-26-28)20(12-22(27-24)19-10-15(3)33-16(19)4)25(30)32-18-8-6-17(7-9-18)11-23(29)31-5/h6-10,12-14H,11H2,1-5H3. The number of methoxy groups -OCH3 is 1. The third-order valence-corrected chi connectivity index (χ3v) is 6.27. The van der Waals surface area contributed by atoms with Crippen molar-refractivity contribution in [3.8, 4) is 17.0 Å². The number of hydrogen-bond donors (Lipinski definition) is 0. The van der Waals surface area contributed by atoms with Crippen LogP contribution in [-0.2, 0) is 16.0 Å². The highest BCUT2D eigenvalue weighted by Crippen LogP contribution is 2.33. The Morgan fingerprint density at radius 3 is 2.45 bits per heavy atom. The number of aryl methyl sites for hydroxylation is 2. The molecule has 0 amide bonds. The van der Waals surface area contributed by atoms with E-state index in [1.165, 1.54) is 12.0 Å². The molecule has 0 aliphatic carbocycles. The molecular formula is C25H25N3O4S.